The van der Waals surface area contributed by atoms with Crippen molar-refractivity contribution in [2.75, 3.05) is 13.7 Å². The highest BCUT2D eigenvalue weighted by atomic mass is 19.2. The molecule has 1 N–H and O–H groups in total. The molecular weight excluding hydrogens is 272 g/mol. The van der Waals surface area contributed by atoms with Crippen LogP contribution in [0.25, 0.3) is 0 Å². The zero-order chi connectivity index (χ0) is 15.2. The van der Waals surface area contributed by atoms with Crippen LogP contribution in [-0.2, 0) is 0 Å². The van der Waals surface area contributed by atoms with E-state index in [9.17, 15) is 8.78 Å². The second-order valence-corrected chi connectivity index (χ2v) is 4.80. The fourth-order valence-corrected chi connectivity index (χ4v) is 2.24. The first kappa shape index (κ1) is 15.4. The normalized spacial score (nSPS) is 12.2. The highest BCUT2D eigenvalue weighted by molar-refractivity contribution is 5.36. The summed E-state index contributed by atoms with van der Waals surface area (Å²) in [6, 6.07) is 11.2. The molecule has 0 heterocycles. The van der Waals surface area contributed by atoms with E-state index < -0.39 is 11.6 Å². The molecule has 0 aliphatic carbocycles. The molecule has 112 valence electrons. The van der Waals surface area contributed by atoms with Gasteiger partial charge in [-0.15, -0.1) is 0 Å². The number of nitrogens with one attached hydrogen (secondary N) is 1. The fraction of sp³-hybridized carbons (Fsp3) is 0.294. The SMILES string of the molecule is CCCNC(c1ccc(OC)cc1)c1cccc(F)c1F. The number of benzene rings is 2. The van der Waals surface area contributed by atoms with Crippen molar-refractivity contribution in [3.63, 3.8) is 0 Å². The van der Waals surface area contributed by atoms with E-state index in [1.54, 1.807) is 13.2 Å². The van der Waals surface area contributed by atoms with E-state index in [1.807, 2.05) is 31.2 Å². The van der Waals surface area contributed by atoms with Crippen LogP contribution in [-0.4, -0.2) is 13.7 Å². The minimum absolute atomic E-state index is 0.314. The lowest BCUT2D eigenvalue weighted by atomic mass is 9.97. The second kappa shape index (κ2) is 7.18. The molecule has 0 saturated heterocycles. The molecule has 2 rings (SSSR count). The van der Waals surface area contributed by atoms with Gasteiger partial charge in [-0.25, -0.2) is 8.78 Å². The molecule has 0 fully saturated rings. The lowest BCUT2D eigenvalue weighted by Gasteiger charge is -2.20. The summed E-state index contributed by atoms with van der Waals surface area (Å²) in [6.07, 6.45) is 0.906. The standard InChI is InChI=1S/C17H19F2NO/c1-3-11-20-17(12-7-9-13(21-2)10-8-12)14-5-4-6-15(18)16(14)19/h4-10,17,20H,3,11H2,1-2H3. The van der Waals surface area contributed by atoms with Crippen LogP contribution < -0.4 is 10.1 Å². The monoisotopic (exact) mass is 291 g/mol. The molecule has 4 heteroatoms. The Hall–Kier alpha value is -1.94. The van der Waals surface area contributed by atoms with Crippen molar-refractivity contribution >= 4 is 0 Å². The minimum atomic E-state index is -0.829. The molecule has 0 aliphatic heterocycles. The quantitative estimate of drug-likeness (QED) is 0.866. The van der Waals surface area contributed by atoms with Crippen LogP contribution in [0, 0.1) is 11.6 Å². The van der Waals surface area contributed by atoms with E-state index in [1.165, 1.54) is 6.07 Å². The highest BCUT2D eigenvalue weighted by Gasteiger charge is 2.19. The van der Waals surface area contributed by atoms with Crippen molar-refractivity contribution in [2.45, 2.75) is 19.4 Å². The average molecular weight is 291 g/mol. The zero-order valence-corrected chi connectivity index (χ0v) is 12.2. The van der Waals surface area contributed by atoms with Crippen LogP contribution >= 0.6 is 0 Å². The van der Waals surface area contributed by atoms with Gasteiger partial charge < -0.3 is 10.1 Å². The maximum absolute atomic E-state index is 14.1. The van der Waals surface area contributed by atoms with E-state index in [-0.39, 0.29) is 6.04 Å². The van der Waals surface area contributed by atoms with Gasteiger partial charge in [-0.2, -0.15) is 0 Å². The second-order valence-electron chi connectivity index (χ2n) is 4.80. The van der Waals surface area contributed by atoms with Gasteiger partial charge in [-0.1, -0.05) is 31.2 Å². The van der Waals surface area contributed by atoms with E-state index in [0.717, 1.165) is 23.8 Å². The Kier molecular flexibility index (Phi) is 5.28. The summed E-state index contributed by atoms with van der Waals surface area (Å²) in [5, 5.41) is 3.26. The minimum Gasteiger partial charge on any atom is -0.497 e. The number of hydrogen-bond donors (Lipinski definition) is 1. The summed E-state index contributed by atoms with van der Waals surface area (Å²) in [5.41, 5.74) is 1.18. The van der Waals surface area contributed by atoms with E-state index in [2.05, 4.69) is 5.32 Å². The molecule has 2 nitrogen and oxygen atoms in total. The molecule has 1 atom stereocenters. The predicted octanol–water partition coefficient (Wildman–Crippen LogP) is 4.06. The van der Waals surface area contributed by atoms with Crippen LogP contribution in [0.2, 0.25) is 0 Å². The molecule has 0 amide bonds. The third kappa shape index (κ3) is 3.58. The number of hydrogen-bond acceptors (Lipinski definition) is 2. The van der Waals surface area contributed by atoms with Gasteiger partial charge >= 0.3 is 0 Å². The smallest absolute Gasteiger partial charge is 0.163 e. The zero-order valence-electron chi connectivity index (χ0n) is 12.2. The molecule has 2 aromatic carbocycles. The van der Waals surface area contributed by atoms with E-state index in [0.29, 0.717) is 12.1 Å². The molecule has 1 unspecified atom stereocenters. The van der Waals surface area contributed by atoms with Crippen molar-refractivity contribution in [3.8, 4) is 5.75 Å². The molecule has 2 aromatic rings. The number of halogens is 2. The van der Waals surface area contributed by atoms with Crippen LogP contribution in [0.3, 0.4) is 0 Å². The van der Waals surface area contributed by atoms with Gasteiger partial charge in [0.2, 0.25) is 0 Å². The Morgan fingerprint density at radius 2 is 1.81 bits per heavy atom. The van der Waals surface area contributed by atoms with Crippen molar-refractivity contribution in [1.29, 1.82) is 0 Å². The highest BCUT2D eigenvalue weighted by Crippen LogP contribution is 2.27. The van der Waals surface area contributed by atoms with Gasteiger partial charge in [-0.05, 0) is 36.7 Å². The summed E-state index contributed by atoms with van der Waals surface area (Å²) in [6.45, 7) is 2.74. The Bertz CT molecular complexity index is 584. The van der Waals surface area contributed by atoms with Gasteiger partial charge in [0, 0.05) is 5.56 Å². The Balaban J connectivity index is 2.39. The summed E-state index contributed by atoms with van der Waals surface area (Å²) in [7, 11) is 1.59. The molecule has 0 aromatic heterocycles. The maximum atomic E-state index is 14.1. The largest absolute Gasteiger partial charge is 0.497 e. The molecule has 21 heavy (non-hydrogen) atoms. The van der Waals surface area contributed by atoms with E-state index in [4.69, 9.17) is 4.74 Å². The summed E-state index contributed by atoms with van der Waals surface area (Å²) in [5.74, 6) is -0.904. The van der Waals surface area contributed by atoms with Crippen molar-refractivity contribution in [2.24, 2.45) is 0 Å². The number of ether oxygens (including phenoxy) is 1. The third-order valence-corrected chi connectivity index (χ3v) is 3.34. The summed E-state index contributed by atoms with van der Waals surface area (Å²) in [4.78, 5) is 0. The van der Waals surface area contributed by atoms with Gasteiger partial charge in [0.15, 0.2) is 11.6 Å². The molecule has 0 radical (unpaired) electrons. The number of methoxy groups -OCH3 is 1. The Labute approximate surface area is 123 Å². The fourth-order valence-electron chi connectivity index (χ4n) is 2.24. The maximum Gasteiger partial charge on any atom is 0.163 e. The lowest BCUT2D eigenvalue weighted by molar-refractivity contribution is 0.414. The predicted molar refractivity (Wildman–Crippen MR) is 79.5 cm³/mol. The van der Waals surface area contributed by atoms with Gasteiger partial charge in [0.05, 0.1) is 13.2 Å². The molecule has 0 aliphatic rings. The summed E-state index contributed by atoms with van der Waals surface area (Å²) < 4.78 is 32.7. The van der Waals surface area contributed by atoms with Crippen LogP contribution in [0.15, 0.2) is 42.5 Å². The molecule has 0 bridgehead atoms. The van der Waals surface area contributed by atoms with Gasteiger partial charge in [-0.3, -0.25) is 0 Å². The number of rotatable bonds is 6. The van der Waals surface area contributed by atoms with Crippen molar-refractivity contribution < 1.29 is 13.5 Å². The first-order valence-corrected chi connectivity index (χ1v) is 6.98. The van der Waals surface area contributed by atoms with Gasteiger partial charge in [0.1, 0.15) is 5.75 Å². The first-order chi connectivity index (χ1) is 10.2. The van der Waals surface area contributed by atoms with Crippen LogP contribution in [0.4, 0.5) is 8.78 Å². The Morgan fingerprint density at radius 3 is 2.43 bits per heavy atom. The van der Waals surface area contributed by atoms with E-state index >= 15 is 0 Å². The average Bonchev–Trinajstić information content (AvgIpc) is 2.52. The van der Waals surface area contributed by atoms with Gasteiger partial charge in [0.25, 0.3) is 0 Å². The van der Waals surface area contributed by atoms with Crippen molar-refractivity contribution in [1.82, 2.24) is 5.32 Å². The molecule has 0 spiro atoms. The topological polar surface area (TPSA) is 21.3 Å². The lowest BCUT2D eigenvalue weighted by Crippen LogP contribution is -2.24. The van der Waals surface area contributed by atoms with Crippen LogP contribution in [0.1, 0.15) is 30.5 Å². The third-order valence-electron chi connectivity index (χ3n) is 3.34. The first-order valence-electron chi connectivity index (χ1n) is 6.98. The Morgan fingerprint density at radius 1 is 1.10 bits per heavy atom. The summed E-state index contributed by atoms with van der Waals surface area (Å²) >= 11 is 0. The molecule has 0 saturated carbocycles. The van der Waals surface area contributed by atoms with Crippen molar-refractivity contribution in [3.05, 3.63) is 65.2 Å². The van der Waals surface area contributed by atoms with Crippen LogP contribution in [0.5, 0.6) is 5.75 Å². The molecular formula is C17H19F2NO.